The van der Waals surface area contributed by atoms with Crippen molar-refractivity contribution in [1.82, 2.24) is 9.55 Å². The largest absolute Gasteiger partial charge is 0.491 e. The van der Waals surface area contributed by atoms with Crippen LogP contribution in [0.25, 0.3) is 11.0 Å². The number of fused-ring (bicyclic) bond motifs is 1. The van der Waals surface area contributed by atoms with Crippen LogP contribution in [0.4, 0.5) is 0 Å². The normalized spacial score (nSPS) is 12.4. The smallest absolute Gasteiger partial charge is 0.169 e. The maximum atomic E-state index is 10.3. The number of rotatable bonds is 9. The number of hydrogen-bond donors (Lipinski definition) is 1. The van der Waals surface area contributed by atoms with Gasteiger partial charge in [-0.1, -0.05) is 35.5 Å². The number of benzene rings is 2. The lowest BCUT2D eigenvalue weighted by Gasteiger charge is -2.13. The lowest BCUT2D eigenvalue weighted by molar-refractivity contribution is 0.126. The van der Waals surface area contributed by atoms with Gasteiger partial charge in [0.1, 0.15) is 12.4 Å². The highest BCUT2D eigenvalue weighted by Gasteiger charge is 2.14. The summed E-state index contributed by atoms with van der Waals surface area (Å²) in [6.07, 6.45) is -0.602. The van der Waals surface area contributed by atoms with Gasteiger partial charge in [-0.2, -0.15) is 0 Å². The summed E-state index contributed by atoms with van der Waals surface area (Å²) in [5, 5.41) is 11.8. The van der Waals surface area contributed by atoms with Gasteiger partial charge in [0.15, 0.2) is 5.16 Å². The maximum absolute atomic E-state index is 10.3. The molecule has 0 spiro atoms. The van der Waals surface area contributed by atoms with E-state index >= 15 is 0 Å². The minimum absolute atomic E-state index is 0.237. The Morgan fingerprint density at radius 1 is 1.26 bits per heavy atom. The van der Waals surface area contributed by atoms with E-state index in [1.165, 1.54) is 11.8 Å². The number of ether oxygens (including phenoxy) is 2. The van der Waals surface area contributed by atoms with E-state index in [1.54, 1.807) is 7.11 Å². The van der Waals surface area contributed by atoms with Gasteiger partial charge in [0.05, 0.1) is 23.7 Å². The van der Waals surface area contributed by atoms with Crippen molar-refractivity contribution in [2.75, 3.05) is 26.1 Å². The van der Waals surface area contributed by atoms with Crippen LogP contribution in [0.3, 0.4) is 0 Å². The Kier molecular flexibility index (Phi) is 7.01. The fourth-order valence-corrected chi connectivity index (χ4v) is 3.82. The van der Waals surface area contributed by atoms with Crippen LogP contribution in [0, 0.1) is 6.92 Å². The molecule has 144 valence electrons. The van der Waals surface area contributed by atoms with Gasteiger partial charge in [0, 0.05) is 24.4 Å². The van der Waals surface area contributed by atoms with E-state index in [-0.39, 0.29) is 6.61 Å². The first-order valence-corrected chi connectivity index (χ1v) is 10.1. The Morgan fingerprint density at radius 2 is 2.11 bits per heavy atom. The van der Waals surface area contributed by atoms with Crippen LogP contribution in [-0.2, 0) is 11.3 Å². The van der Waals surface area contributed by atoms with Gasteiger partial charge in [-0.15, -0.1) is 0 Å². The molecule has 0 aliphatic carbocycles. The average Bonchev–Trinajstić information content (AvgIpc) is 2.99. The van der Waals surface area contributed by atoms with Crippen molar-refractivity contribution in [3.8, 4) is 5.75 Å². The predicted octanol–water partition coefficient (Wildman–Crippen LogP) is 4.18. The number of nitrogens with zero attached hydrogens (tertiary/aromatic N) is 2. The fraction of sp³-hybridized carbons (Fsp3) is 0.350. The van der Waals surface area contributed by atoms with Gasteiger partial charge in [-0.05, 0) is 42.8 Å². The third kappa shape index (κ3) is 5.39. The summed E-state index contributed by atoms with van der Waals surface area (Å²) >= 11 is 7.58. The molecular weight excluding hydrogens is 384 g/mol. The number of halogens is 1. The Labute approximate surface area is 168 Å². The Hall–Kier alpha value is -1.73. The minimum Gasteiger partial charge on any atom is -0.491 e. The monoisotopic (exact) mass is 406 g/mol. The zero-order chi connectivity index (χ0) is 19.2. The molecule has 0 radical (unpaired) electrons. The van der Waals surface area contributed by atoms with Gasteiger partial charge in [0.25, 0.3) is 0 Å². The van der Waals surface area contributed by atoms with E-state index in [0.29, 0.717) is 23.9 Å². The molecule has 27 heavy (non-hydrogen) atoms. The van der Waals surface area contributed by atoms with Crippen molar-refractivity contribution in [2.45, 2.75) is 24.7 Å². The molecule has 0 saturated carbocycles. The molecule has 5 nitrogen and oxygen atoms in total. The van der Waals surface area contributed by atoms with E-state index in [9.17, 15) is 5.11 Å². The van der Waals surface area contributed by atoms with Gasteiger partial charge in [-0.3, -0.25) is 0 Å². The number of thioether (sulfide) groups is 1. The summed E-state index contributed by atoms with van der Waals surface area (Å²) < 4.78 is 13.0. The second kappa shape index (κ2) is 9.46. The molecule has 1 unspecified atom stereocenters. The van der Waals surface area contributed by atoms with E-state index in [1.807, 2.05) is 49.4 Å². The predicted molar refractivity (Wildman–Crippen MR) is 110 cm³/mol. The van der Waals surface area contributed by atoms with Gasteiger partial charge >= 0.3 is 0 Å². The molecular formula is C20H23ClN2O3S. The molecule has 1 aromatic heterocycles. The average molecular weight is 407 g/mol. The lowest BCUT2D eigenvalue weighted by atomic mass is 10.2. The maximum Gasteiger partial charge on any atom is 0.169 e. The summed E-state index contributed by atoms with van der Waals surface area (Å²) in [6.45, 7) is 3.52. The van der Waals surface area contributed by atoms with Crippen LogP contribution in [0.15, 0.2) is 47.6 Å². The zero-order valence-electron chi connectivity index (χ0n) is 15.4. The molecule has 0 fully saturated rings. The first-order chi connectivity index (χ1) is 13.1. The van der Waals surface area contributed by atoms with Crippen molar-refractivity contribution in [2.24, 2.45) is 0 Å². The van der Waals surface area contributed by atoms with Crippen molar-refractivity contribution >= 4 is 34.4 Å². The van der Waals surface area contributed by atoms with Crippen molar-refractivity contribution < 1.29 is 14.6 Å². The van der Waals surface area contributed by atoms with Crippen LogP contribution in [0.1, 0.15) is 5.56 Å². The molecule has 3 rings (SSSR count). The summed E-state index contributed by atoms with van der Waals surface area (Å²) in [5.74, 6) is 1.25. The molecule has 3 aromatic rings. The lowest BCUT2D eigenvalue weighted by Crippen LogP contribution is -2.20. The van der Waals surface area contributed by atoms with Gasteiger partial charge < -0.3 is 19.1 Å². The van der Waals surface area contributed by atoms with Crippen LogP contribution in [-0.4, -0.2) is 46.8 Å². The number of aromatic nitrogens is 2. The summed E-state index contributed by atoms with van der Waals surface area (Å²) in [7, 11) is 1.68. The Bertz CT molecular complexity index is 900. The van der Waals surface area contributed by atoms with Crippen LogP contribution in [0.2, 0.25) is 5.02 Å². The number of aryl methyl sites for hydroxylation is 1. The van der Waals surface area contributed by atoms with E-state index in [4.69, 9.17) is 21.1 Å². The quantitative estimate of drug-likeness (QED) is 0.540. The topological polar surface area (TPSA) is 56.5 Å². The molecule has 0 aliphatic rings. The second-order valence-corrected chi connectivity index (χ2v) is 7.69. The number of methoxy groups -OCH3 is 1. The SMILES string of the molecule is COCCn1c(SCC(O)COc2cccc(C)c2)nc2cc(Cl)ccc21. The molecule has 7 heteroatoms. The molecule has 1 N–H and O–H groups in total. The van der Waals surface area contributed by atoms with Crippen molar-refractivity contribution in [3.05, 3.63) is 53.1 Å². The Morgan fingerprint density at radius 3 is 2.89 bits per heavy atom. The number of aliphatic hydroxyl groups is 1. The van der Waals surface area contributed by atoms with Crippen LogP contribution >= 0.6 is 23.4 Å². The highest BCUT2D eigenvalue weighted by atomic mass is 35.5. The third-order valence-corrected chi connectivity index (χ3v) is 5.39. The summed E-state index contributed by atoms with van der Waals surface area (Å²) in [5.41, 5.74) is 2.97. The van der Waals surface area contributed by atoms with E-state index < -0.39 is 6.10 Å². The second-order valence-electron chi connectivity index (χ2n) is 6.26. The van der Waals surface area contributed by atoms with E-state index in [0.717, 1.165) is 27.5 Å². The van der Waals surface area contributed by atoms with Crippen LogP contribution in [0.5, 0.6) is 5.75 Å². The first-order valence-electron chi connectivity index (χ1n) is 8.72. The van der Waals surface area contributed by atoms with Gasteiger partial charge in [-0.25, -0.2) is 4.98 Å². The molecule has 1 heterocycles. The third-order valence-electron chi connectivity index (χ3n) is 4.03. The number of aliphatic hydroxyl groups excluding tert-OH is 1. The molecule has 0 bridgehead atoms. The molecule has 2 aromatic carbocycles. The molecule has 0 amide bonds. The number of imidazole rings is 1. The Balaban J connectivity index is 1.64. The van der Waals surface area contributed by atoms with Gasteiger partial charge in [0.2, 0.25) is 0 Å². The molecule has 0 saturated heterocycles. The van der Waals surface area contributed by atoms with Crippen LogP contribution < -0.4 is 4.74 Å². The molecule has 0 aliphatic heterocycles. The first kappa shape index (κ1) is 20.0. The zero-order valence-corrected chi connectivity index (χ0v) is 17.0. The summed E-state index contributed by atoms with van der Waals surface area (Å²) in [4.78, 5) is 4.66. The van der Waals surface area contributed by atoms with Crippen molar-refractivity contribution in [1.29, 1.82) is 0 Å². The van der Waals surface area contributed by atoms with E-state index in [2.05, 4.69) is 9.55 Å². The highest BCUT2D eigenvalue weighted by Crippen LogP contribution is 2.27. The highest BCUT2D eigenvalue weighted by molar-refractivity contribution is 7.99. The minimum atomic E-state index is -0.602. The summed E-state index contributed by atoms with van der Waals surface area (Å²) in [6, 6.07) is 13.5. The van der Waals surface area contributed by atoms with Crippen molar-refractivity contribution in [3.63, 3.8) is 0 Å². The molecule has 1 atom stereocenters. The fourth-order valence-electron chi connectivity index (χ4n) is 2.71. The standard InChI is InChI=1S/C20H23ClN2O3S/c1-14-4-3-5-17(10-14)26-12-16(24)13-27-20-22-18-11-15(21)6-7-19(18)23(20)8-9-25-2/h3-7,10-11,16,24H,8-9,12-13H2,1-2H3. The number of hydrogen-bond acceptors (Lipinski definition) is 5.